The van der Waals surface area contributed by atoms with E-state index in [1.807, 2.05) is 13.8 Å². The van der Waals surface area contributed by atoms with E-state index < -0.39 is 0 Å². The molecule has 84 valence electrons. The predicted molar refractivity (Wildman–Crippen MR) is 59.8 cm³/mol. The average Bonchev–Trinajstić information content (AvgIpc) is 2.22. The first-order valence-electron chi connectivity index (χ1n) is 5.10. The van der Waals surface area contributed by atoms with Gasteiger partial charge in [-0.05, 0) is 11.3 Å². The van der Waals surface area contributed by atoms with E-state index in [0.717, 1.165) is 13.5 Å². The Kier molecular flexibility index (Phi) is 17.1. The Morgan fingerprint density at radius 2 is 1.46 bits per heavy atom. The summed E-state index contributed by atoms with van der Waals surface area (Å²) >= 11 is 0. The van der Waals surface area contributed by atoms with Crippen LogP contribution in [0.2, 0.25) is 0 Å². The highest BCUT2D eigenvalue weighted by Gasteiger charge is 2.22. The second kappa shape index (κ2) is 11.9. The van der Waals surface area contributed by atoms with Crippen molar-refractivity contribution in [2.24, 2.45) is 11.3 Å². The Balaban J connectivity index is -0.000000218. The third-order valence-corrected chi connectivity index (χ3v) is 2.52. The van der Waals surface area contributed by atoms with Crippen LogP contribution in [0.15, 0.2) is 0 Å². The van der Waals surface area contributed by atoms with Gasteiger partial charge < -0.3 is 10.2 Å². The molecule has 0 aliphatic heterocycles. The Morgan fingerprint density at radius 1 is 1.15 bits per heavy atom. The topological polar surface area (TPSA) is 40.5 Å². The first-order chi connectivity index (χ1) is 6.04. The van der Waals surface area contributed by atoms with Gasteiger partial charge in [0.1, 0.15) is 0 Å². The van der Waals surface area contributed by atoms with Gasteiger partial charge in [-0.25, -0.2) is 0 Å². The van der Waals surface area contributed by atoms with E-state index in [1.54, 1.807) is 0 Å². The molecule has 2 N–H and O–H groups in total. The van der Waals surface area contributed by atoms with E-state index in [9.17, 15) is 0 Å². The maximum atomic E-state index is 8.80. The van der Waals surface area contributed by atoms with E-state index in [4.69, 9.17) is 10.2 Å². The average molecular weight is 192 g/mol. The molecule has 0 rings (SSSR count). The van der Waals surface area contributed by atoms with Crippen molar-refractivity contribution in [2.45, 2.75) is 48.0 Å². The zero-order valence-electron chi connectivity index (χ0n) is 10.4. The molecule has 0 fully saturated rings. The van der Waals surface area contributed by atoms with Gasteiger partial charge >= 0.3 is 0 Å². The van der Waals surface area contributed by atoms with Crippen molar-refractivity contribution in [3.63, 3.8) is 0 Å². The minimum Gasteiger partial charge on any atom is -0.400 e. The molecule has 0 aromatic carbocycles. The first-order valence-corrected chi connectivity index (χ1v) is 5.10. The molecular formula is C11H28O2. The van der Waals surface area contributed by atoms with Crippen molar-refractivity contribution in [2.75, 3.05) is 13.7 Å². The van der Waals surface area contributed by atoms with Crippen LogP contribution in [0, 0.1) is 11.3 Å². The monoisotopic (exact) mass is 192 g/mol. The van der Waals surface area contributed by atoms with Gasteiger partial charge in [0.05, 0.1) is 0 Å². The number of aliphatic hydroxyl groups is 2. The highest BCUT2D eigenvalue weighted by atomic mass is 16.3. The first kappa shape index (κ1) is 18.7. The van der Waals surface area contributed by atoms with Crippen LogP contribution in [0.5, 0.6) is 0 Å². The fourth-order valence-electron chi connectivity index (χ4n) is 0.596. The molecule has 13 heavy (non-hydrogen) atoms. The van der Waals surface area contributed by atoms with E-state index in [0.29, 0.717) is 17.9 Å². The van der Waals surface area contributed by atoms with Crippen molar-refractivity contribution in [3.8, 4) is 0 Å². The normalized spacial score (nSPS) is 11.8. The summed E-state index contributed by atoms with van der Waals surface area (Å²) in [4.78, 5) is 0. The lowest BCUT2D eigenvalue weighted by atomic mass is 9.78. The van der Waals surface area contributed by atoms with Crippen molar-refractivity contribution < 1.29 is 10.2 Å². The summed E-state index contributed by atoms with van der Waals surface area (Å²) in [6.45, 7) is 12.9. The summed E-state index contributed by atoms with van der Waals surface area (Å²) in [6, 6.07) is 0. The molecule has 0 aromatic rings. The van der Waals surface area contributed by atoms with Gasteiger partial charge in [-0.3, -0.25) is 0 Å². The molecule has 0 aliphatic carbocycles. The maximum Gasteiger partial charge on any atom is 0.0461 e. The maximum absolute atomic E-state index is 8.80. The summed E-state index contributed by atoms with van der Waals surface area (Å²) in [5.41, 5.74) is 0.300. The Bertz CT molecular complexity index is 80.2. The summed E-state index contributed by atoms with van der Waals surface area (Å²) in [5, 5.41) is 15.8. The molecule has 2 heteroatoms. The smallest absolute Gasteiger partial charge is 0.0461 e. The molecule has 0 heterocycles. The number of aliphatic hydroxyl groups excluding tert-OH is 2. The third kappa shape index (κ3) is 9.84. The number of rotatable bonds is 3. The molecule has 0 saturated heterocycles. The molecule has 2 nitrogen and oxygen atoms in total. The van der Waals surface area contributed by atoms with Crippen molar-refractivity contribution in [3.05, 3.63) is 0 Å². The molecule has 0 aliphatic rings. The third-order valence-electron chi connectivity index (χ3n) is 2.52. The van der Waals surface area contributed by atoms with Crippen molar-refractivity contribution in [1.82, 2.24) is 0 Å². The number of hydrogen-bond donors (Lipinski definition) is 2. The zero-order chi connectivity index (χ0) is 11.5. The van der Waals surface area contributed by atoms with Gasteiger partial charge in [0.2, 0.25) is 0 Å². The molecule has 0 saturated carbocycles. The summed E-state index contributed by atoms with van der Waals surface area (Å²) in [6.07, 6.45) is 1.13. The van der Waals surface area contributed by atoms with Gasteiger partial charge in [-0.2, -0.15) is 0 Å². The lowest BCUT2D eigenvalue weighted by Gasteiger charge is -2.28. The van der Waals surface area contributed by atoms with E-state index >= 15 is 0 Å². The minimum atomic E-state index is 0.300. The van der Waals surface area contributed by atoms with Crippen LogP contribution in [0.4, 0.5) is 0 Å². The molecular weight excluding hydrogens is 164 g/mol. The summed E-state index contributed by atoms with van der Waals surface area (Å²) in [5.74, 6) is 0.419. The van der Waals surface area contributed by atoms with Crippen LogP contribution in [0.3, 0.4) is 0 Å². The molecule has 1 atom stereocenters. The van der Waals surface area contributed by atoms with E-state index in [-0.39, 0.29) is 0 Å². The fourth-order valence-corrected chi connectivity index (χ4v) is 0.596. The van der Waals surface area contributed by atoms with E-state index in [1.165, 1.54) is 0 Å². The van der Waals surface area contributed by atoms with Crippen molar-refractivity contribution in [1.29, 1.82) is 0 Å². The van der Waals surface area contributed by atoms with Gasteiger partial charge in [-0.15, -0.1) is 0 Å². The van der Waals surface area contributed by atoms with Gasteiger partial charge in [0.25, 0.3) is 0 Å². The largest absolute Gasteiger partial charge is 0.400 e. The lowest BCUT2D eigenvalue weighted by Crippen LogP contribution is -2.23. The van der Waals surface area contributed by atoms with Crippen LogP contribution in [-0.4, -0.2) is 23.9 Å². The molecule has 0 spiro atoms. The predicted octanol–water partition coefficient (Wildman–Crippen LogP) is 2.69. The summed E-state index contributed by atoms with van der Waals surface area (Å²) in [7, 11) is 1.00. The van der Waals surface area contributed by atoms with Crippen LogP contribution >= 0.6 is 0 Å². The standard InChI is InChI=1S/C8H18O.C2H6.CH4O/c1-5-8(3,4)7(2)6-9;2*1-2/h7,9H,5-6H2,1-4H3;1-2H3;2H,1H3. The molecule has 0 aromatic heterocycles. The SMILES string of the molecule is CC.CCC(C)(C)C(C)CO.CO. The fraction of sp³-hybridized carbons (Fsp3) is 1.00. The van der Waals surface area contributed by atoms with Crippen LogP contribution in [0.1, 0.15) is 48.0 Å². The van der Waals surface area contributed by atoms with Gasteiger partial charge in [0.15, 0.2) is 0 Å². The number of hydrogen-bond acceptors (Lipinski definition) is 2. The van der Waals surface area contributed by atoms with E-state index in [2.05, 4.69) is 27.7 Å². The van der Waals surface area contributed by atoms with Crippen molar-refractivity contribution >= 4 is 0 Å². The molecule has 0 amide bonds. The van der Waals surface area contributed by atoms with Crippen LogP contribution in [-0.2, 0) is 0 Å². The molecule has 0 radical (unpaired) electrons. The Labute approximate surface area is 84.0 Å². The summed E-state index contributed by atoms with van der Waals surface area (Å²) < 4.78 is 0. The highest BCUT2D eigenvalue weighted by Crippen LogP contribution is 2.29. The second-order valence-electron chi connectivity index (χ2n) is 3.43. The Hall–Kier alpha value is -0.0800. The quantitative estimate of drug-likeness (QED) is 0.722. The molecule has 1 unspecified atom stereocenters. The lowest BCUT2D eigenvalue weighted by molar-refractivity contribution is 0.127. The highest BCUT2D eigenvalue weighted by molar-refractivity contribution is 4.72. The van der Waals surface area contributed by atoms with Gasteiger partial charge in [-0.1, -0.05) is 48.0 Å². The van der Waals surface area contributed by atoms with Crippen LogP contribution in [0.25, 0.3) is 0 Å². The van der Waals surface area contributed by atoms with Gasteiger partial charge in [0, 0.05) is 13.7 Å². The minimum absolute atomic E-state index is 0.300. The Morgan fingerprint density at radius 3 is 1.54 bits per heavy atom. The second-order valence-corrected chi connectivity index (χ2v) is 3.43. The zero-order valence-corrected chi connectivity index (χ0v) is 10.4. The van der Waals surface area contributed by atoms with Crippen LogP contribution < -0.4 is 0 Å². The molecule has 0 bridgehead atoms.